The molecule has 3 atom stereocenters. The van der Waals surface area contributed by atoms with Gasteiger partial charge in [-0.1, -0.05) is 13.8 Å². The summed E-state index contributed by atoms with van der Waals surface area (Å²) in [7, 11) is 0. The molecule has 0 radical (unpaired) electrons. The molecule has 1 aliphatic heterocycles. The molecular formula is C12H26N2O. The molecule has 0 aromatic rings. The summed E-state index contributed by atoms with van der Waals surface area (Å²) in [5.74, 6) is 1.41. The summed E-state index contributed by atoms with van der Waals surface area (Å²) in [5.41, 5.74) is 5.52. The molecule has 1 fully saturated rings. The van der Waals surface area contributed by atoms with E-state index in [-0.39, 0.29) is 0 Å². The zero-order valence-electron chi connectivity index (χ0n) is 10.2. The van der Waals surface area contributed by atoms with Crippen molar-refractivity contribution in [2.24, 2.45) is 17.6 Å². The van der Waals surface area contributed by atoms with Gasteiger partial charge in [0, 0.05) is 13.2 Å². The number of hydrogen-bond donors (Lipinski definition) is 2. The fourth-order valence-electron chi connectivity index (χ4n) is 2.28. The van der Waals surface area contributed by atoms with Crippen LogP contribution in [0.5, 0.6) is 0 Å². The van der Waals surface area contributed by atoms with Crippen LogP contribution in [0.2, 0.25) is 0 Å². The Morgan fingerprint density at radius 3 is 3.00 bits per heavy atom. The first-order chi connectivity index (χ1) is 7.27. The van der Waals surface area contributed by atoms with E-state index in [1.54, 1.807) is 0 Å². The number of ether oxygens (including phenoxy) is 1. The van der Waals surface area contributed by atoms with Crippen LogP contribution >= 0.6 is 0 Å². The summed E-state index contributed by atoms with van der Waals surface area (Å²) in [6, 6.07) is 0. The second-order valence-electron chi connectivity index (χ2n) is 4.71. The van der Waals surface area contributed by atoms with Crippen LogP contribution in [0.3, 0.4) is 0 Å². The highest BCUT2D eigenvalue weighted by molar-refractivity contribution is 4.77. The Labute approximate surface area is 93.8 Å². The Hall–Kier alpha value is -0.120. The average molecular weight is 214 g/mol. The van der Waals surface area contributed by atoms with Gasteiger partial charge in [0.2, 0.25) is 0 Å². The van der Waals surface area contributed by atoms with E-state index in [2.05, 4.69) is 19.2 Å². The lowest BCUT2D eigenvalue weighted by atomic mass is 9.99. The highest BCUT2D eigenvalue weighted by atomic mass is 16.5. The summed E-state index contributed by atoms with van der Waals surface area (Å²) in [6.45, 7) is 8.40. The SMILES string of the molecule is CCC1OCCC1CNCC(C)CCN. The Kier molecular flexibility index (Phi) is 6.22. The van der Waals surface area contributed by atoms with Crippen LogP contribution in [-0.2, 0) is 4.74 Å². The second kappa shape index (κ2) is 7.20. The molecule has 1 heterocycles. The predicted molar refractivity (Wildman–Crippen MR) is 63.8 cm³/mol. The minimum atomic E-state index is 0.488. The number of nitrogens with one attached hydrogen (secondary N) is 1. The lowest BCUT2D eigenvalue weighted by Gasteiger charge is -2.18. The van der Waals surface area contributed by atoms with E-state index in [1.807, 2.05) is 0 Å². The molecule has 90 valence electrons. The molecule has 0 saturated carbocycles. The van der Waals surface area contributed by atoms with E-state index in [4.69, 9.17) is 10.5 Å². The predicted octanol–water partition coefficient (Wildman–Crippen LogP) is 1.38. The van der Waals surface area contributed by atoms with E-state index in [1.165, 1.54) is 6.42 Å². The van der Waals surface area contributed by atoms with Gasteiger partial charge in [-0.05, 0) is 44.2 Å². The fourth-order valence-corrected chi connectivity index (χ4v) is 2.28. The van der Waals surface area contributed by atoms with Crippen LogP contribution in [-0.4, -0.2) is 32.3 Å². The standard InChI is InChI=1S/C12H26N2O/c1-3-12-11(5-7-15-12)9-14-8-10(2)4-6-13/h10-12,14H,3-9,13H2,1-2H3. The molecule has 0 aliphatic carbocycles. The third-order valence-corrected chi connectivity index (χ3v) is 3.31. The largest absolute Gasteiger partial charge is 0.378 e. The summed E-state index contributed by atoms with van der Waals surface area (Å²) in [4.78, 5) is 0. The molecular weight excluding hydrogens is 188 g/mol. The first-order valence-corrected chi connectivity index (χ1v) is 6.30. The molecule has 3 N–H and O–H groups in total. The van der Waals surface area contributed by atoms with Crippen LogP contribution in [0.4, 0.5) is 0 Å². The van der Waals surface area contributed by atoms with Gasteiger partial charge >= 0.3 is 0 Å². The van der Waals surface area contributed by atoms with Gasteiger partial charge in [0.25, 0.3) is 0 Å². The number of nitrogens with two attached hydrogens (primary N) is 1. The van der Waals surface area contributed by atoms with E-state index in [9.17, 15) is 0 Å². The van der Waals surface area contributed by atoms with Crippen molar-refractivity contribution in [3.63, 3.8) is 0 Å². The molecule has 1 saturated heterocycles. The van der Waals surface area contributed by atoms with Gasteiger partial charge in [0.05, 0.1) is 6.10 Å². The van der Waals surface area contributed by atoms with Crippen LogP contribution in [0.1, 0.15) is 33.1 Å². The molecule has 3 unspecified atom stereocenters. The first-order valence-electron chi connectivity index (χ1n) is 6.30. The van der Waals surface area contributed by atoms with Gasteiger partial charge in [-0.15, -0.1) is 0 Å². The summed E-state index contributed by atoms with van der Waals surface area (Å²) in [6.07, 6.45) is 3.97. The minimum absolute atomic E-state index is 0.488. The van der Waals surface area contributed by atoms with Crippen LogP contribution in [0.25, 0.3) is 0 Å². The summed E-state index contributed by atoms with van der Waals surface area (Å²) < 4.78 is 5.66. The van der Waals surface area contributed by atoms with Crippen molar-refractivity contribution in [2.75, 3.05) is 26.2 Å². The van der Waals surface area contributed by atoms with Crippen LogP contribution < -0.4 is 11.1 Å². The van der Waals surface area contributed by atoms with Gasteiger partial charge in [0.1, 0.15) is 0 Å². The Balaban J connectivity index is 2.08. The normalized spacial score (nSPS) is 28.2. The highest BCUT2D eigenvalue weighted by Crippen LogP contribution is 2.22. The topological polar surface area (TPSA) is 47.3 Å². The third kappa shape index (κ3) is 4.49. The maximum Gasteiger partial charge on any atom is 0.0613 e. The lowest BCUT2D eigenvalue weighted by molar-refractivity contribution is 0.0871. The van der Waals surface area contributed by atoms with Crippen molar-refractivity contribution < 1.29 is 4.74 Å². The zero-order valence-corrected chi connectivity index (χ0v) is 10.2. The molecule has 0 aromatic carbocycles. The highest BCUT2D eigenvalue weighted by Gasteiger charge is 2.25. The van der Waals surface area contributed by atoms with E-state index >= 15 is 0 Å². The second-order valence-corrected chi connectivity index (χ2v) is 4.71. The minimum Gasteiger partial charge on any atom is -0.378 e. The Morgan fingerprint density at radius 1 is 1.53 bits per heavy atom. The third-order valence-electron chi connectivity index (χ3n) is 3.31. The molecule has 0 spiro atoms. The molecule has 1 rings (SSSR count). The van der Waals surface area contributed by atoms with Crippen molar-refractivity contribution in [1.82, 2.24) is 5.32 Å². The zero-order chi connectivity index (χ0) is 11.1. The van der Waals surface area contributed by atoms with E-state index < -0.39 is 0 Å². The van der Waals surface area contributed by atoms with Gasteiger partial charge < -0.3 is 15.8 Å². The monoisotopic (exact) mass is 214 g/mol. The van der Waals surface area contributed by atoms with Crippen molar-refractivity contribution in [3.8, 4) is 0 Å². The van der Waals surface area contributed by atoms with Crippen molar-refractivity contribution >= 4 is 0 Å². The molecule has 3 heteroatoms. The molecule has 1 aliphatic rings. The first kappa shape index (κ1) is 12.9. The average Bonchev–Trinajstić information content (AvgIpc) is 2.66. The smallest absolute Gasteiger partial charge is 0.0613 e. The Bertz CT molecular complexity index is 164. The summed E-state index contributed by atoms with van der Waals surface area (Å²) in [5, 5.41) is 3.54. The van der Waals surface area contributed by atoms with Gasteiger partial charge in [-0.3, -0.25) is 0 Å². The van der Waals surface area contributed by atoms with E-state index in [0.717, 1.165) is 45.0 Å². The maximum absolute atomic E-state index is 5.66. The van der Waals surface area contributed by atoms with Crippen molar-refractivity contribution in [3.05, 3.63) is 0 Å². The van der Waals surface area contributed by atoms with Gasteiger partial charge in [0.15, 0.2) is 0 Å². The molecule has 0 aromatic heterocycles. The maximum atomic E-state index is 5.66. The lowest BCUT2D eigenvalue weighted by Crippen LogP contribution is -2.31. The number of rotatable bonds is 7. The van der Waals surface area contributed by atoms with Gasteiger partial charge in [-0.25, -0.2) is 0 Å². The molecule has 3 nitrogen and oxygen atoms in total. The molecule has 0 amide bonds. The quantitative estimate of drug-likeness (QED) is 0.673. The van der Waals surface area contributed by atoms with E-state index in [0.29, 0.717) is 12.0 Å². The molecule has 15 heavy (non-hydrogen) atoms. The molecule has 0 bridgehead atoms. The van der Waals surface area contributed by atoms with Crippen molar-refractivity contribution in [1.29, 1.82) is 0 Å². The van der Waals surface area contributed by atoms with Crippen molar-refractivity contribution in [2.45, 2.75) is 39.2 Å². The van der Waals surface area contributed by atoms with Gasteiger partial charge in [-0.2, -0.15) is 0 Å². The van der Waals surface area contributed by atoms with Crippen LogP contribution in [0, 0.1) is 11.8 Å². The number of hydrogen-bond acceptors (Lipinski definition) is 3. The van der Waals surface area contributed by atoms with Crippen LogP contribution in [0.15, 0.2) is 0 Å². The summed E-state index contributed by atoms with van der Waals surface area (Å²) >= 11 is 0. The Morgan fingerprint density at radius 2 is 2.33 bits per heavy atom. The fraction of sp³-hybridized carbons (Fsp3) is 1.00.